The summed E-state index contributed by atoms with van der Waals surface area (Å²) in [5, 5.41) is 3.76. The summed E-state index contributed by atoms with van der Waals surface area (Å²) < 4.78 is 5.72. The van der Waals surface area contributed by atoms with Gasteiger partial charge in [0, 0.05) is 37.8 Å². The van der Waals surface area contributed by atoms with Crippen molar-refractivity contribution in [3.8, 4) is 0 Å². The lowest BCUT2D eigenvalue weighted by molar-refractivity contribution is -0.0160. The molecule has 3 rings (SSSR count). The topological polar surface area (TPSA) is 24.5 Å². The molecule has 0 amide bonds. The Hall–Kier alpha value is -0.900. The van der Waals surface area contributed by atoms with Crippen molar-refractivity contribution >= 4 is 0 Å². The van der Waals surface area contributed by atoms with Gasteiger partial charge in [0.05, 0.1) is 6.61 Å². The minimum atomic E-state index is 0.567. The van der Waals surface area contributed by atoms with Crippen LogP contribution in [0.25, 0.3) is 0 Å². The second-order valence-electron chi connectivity index (χ2n) is 6.42. The third-order valence-corrected chi connectivity index (χ3v) is 4.94. The molecule has 1 N–H and O–H groups in total. The first-order valence-electron chi connectivity index (χ1n) is 8.47. The number of piperazine rings is 1. The lowest BCUT2D eigenvalue weighted by Gasteiger charge is -2.45. The SMILES string of the molecule is CCC1CNC(Cc2ccccc2)CN1C1CCCOC1. The average Bonchev–Trinajstić information content (AvgIpc) is 2.56. The van der Waals surface area contributed by atoms with Crippen LogP contribution >= 0.6 is 0 Å². The molecule has 2 fully saturated rings. The molecule has 3 atom stereocenters. The molecule has 2 aliphatic rings. The van der Waals surface area contributed by atoms with Crippen LogP contribution in [0, 0.1) is 0 Å². The molecule has 0 spiro atoms. The van der Waals surface area contributed by atoms with Crippen LogP contribution in [-0.4, -0.2) is 49.3 Å². The monoisotopic (exact) mass is 288 g/mol. The highest BCUT2D eigenvalue weighted by atomic mass is 16.5. The number of benzene rings is 1. The molecule has 1 aromatic rings. The van der Waals surface area contributed by atoms with Crippen LogP contribution < -0.4 is 5.32 Å². The van der Waals surface area contributed by atoms with Gasteiger partial charge in [-0.2, -0.15) is 0 Å². The highest BCUT2D eigenvalue weighted by molar-refractivity contribution is 5.16. The molecule has 3 unspecified atom stereocenters. The summed E-state index contributed by atoms with van der Waals surface area (Å²) in [6, 6.07) is 12.7. The van der Waals surface area contributed by atoms with E-state index in [1.165, 1.54) is 24.8 Å². The van der Waals surface area contributed by atoms with Crippen LogP contribution in [0.1, 0.15) is 31.7 Å². The normalized spacial score (nSPS) is 31.2. The van der Waals surface area contributed by atoms with E-state index in [1.54, 1.807) is 0 Å². The third-order valence-electron chi connectivity index (χ3n) is 4.94. The zero-order valence-corrected chi connectivity index (χ0v) is 13.1. The summed E-state index contributed by atoms with van der Waals surface area (Å²) in [4.78, 5) is 2.73. The number of ether oxygens (including phenoxy) is 1. The van der Waals surface area contributed by atoms with E-state index in [1.807, 2.05) is 0 Å². The summed E-state index contributed by atoms with van der Waals surface area (Å²) in [7, 11) is 0. The minimum Gasteiger partial charge on any atom is -0.380 e. The van der Waals surface area contributed by atoms with E-state index < -0.39 is 0 Å². The Labute approximate surface area is 128 Å². The summed E-state index contributed by atoms with van der Waals surface area (Å²) in [6.45, 7) is 6.45. The maximum Gasteiger partial charge on any atom is 0.0621 e. The highest BCUT2D eigenvalue weighted by Crippen LogP contribution is 2.21. The Morgan fingerprint density at radius 2 is 2.14 bits per heavy atom. The fraction of sp³-hybridized carbons (Fsp3) is 0.667. The molecule has 0 aromatic heterocycles. The molecule has 2 saturated heterocycles. The van der Waals surface area contributed by atoms with E-state index in [0.717, 1.165) is 32.7 Å². The van der Waals surface area contributed by atoms with Crippen LogP contribution in [0.4, 0.5) is 0 Å². The number of nitrogens with zero attached hydrogens (tertiary/aromatic N) is 1. The van der Waals surface area contributed by atoms with E-state index in [2.05, 4.69) is 47.5 Å². The molecule has 3 nitrogen and oxygen atoms in total. The van der Waals surface area contributed by atoms with Crippen molar-refractivity contribution in [1.29, 1.82) is 0 Å². The van der Waals surface area contributed by atoms with Crippen molar-refractivity contribution in [2.45, 2.75) is 50.7 Å². The van der Waals surface area contributed by atoms with Crippen LogP contribution in [-0.2, 0) is 11.2 Å². The Bertz CT molecular complexity index is 416. The van der Waals surface area contributed by atoms with Crippen LogP contribution in [0.2, 0.25) is 0 Å². The van der Waals surface area contributed by atoms with Gasteiger partial charge >= 0.3 is 0 Å². The molecular weight excluding hydrogens is 260 g/mol. The van der Waals surface area contributed by atoms with Gasteiger partial charge in [-0.1, -0.05) is 37.3 Å². The van der Waals surface area contributed by atoms with Gasteiger partial charge in [0.1, 0.15) is 0 Å². The van der Waals surface area contributed by atoms with Crippen molar-refractivity contribution < 1.29 is 4.74 Å². The largest absolute Gasteiger partial charge is 0.380 e. The summed E-state index contributed by atoms with van der Waals surface area (Å²) >= 11 is 0. The Balaban J connectivity index is 1.63. The van der Waals surface area contributed by atoms with Crippen LogP contribution in [0.15, 0.2) is 30.3 Å². The van der Waals surface area contributed by atoms with Crippen molar-refractivity contribution in [3.05, 3.63) is 35.9 Å². The van der Waals surface area contributed by atoms with E-state index in [-0.39, 0.29) is 0 Å². The molecule has 21 heavy (non-hydrogen) atoms. The van der Waals surface area contributed by atoms with Gasteiger partial charge < -0.3 is 10.1 Å². The molecule has 116 valence electrons. The van der Waals surface area contributed by atoms with Crippen molar-refractivity contribution in [3.63, 3.8) is 0 Å². The van der Waals surface area contributed by atoms with E-state index in [0.29, 0.717) is 18.1 Å². The Morgan fingerprint density at radius 1 is 1.29 bits per heavy atom. The van der Waals surface area contributed by atoms with E-state index in [9.17, 15) is 0 Å². The summed E-state index contributed by atoms with van der Waals surface area (Å²) in [5.41, 5.74) is 1.43. The van der Waals surface area contributed by atoms with E-state index in [4.69, 9.17) is 4.74 Å². The number of hydrogen-bond acceptors (Lipinski definition) is 3. The predicted octanol–water partition coefficient (Wildman–Crippen LogP) is 2.46. The second-order valence-corrected chi connectivity index (χ2v) is 6.42. The second kappa shape index (κ2) is 7.39. The molecule has 0 aliphatic carbocycles. The fourth-order valence-electron chi connectivity index (χ4n) is 3.73. The van der Waals surface area contributed by atoms with Gasteiger partial charge in [0.2, 0.25) is 0 Å². The van der Waals surface area contributed by atoms with Crippen LogP contribution in [0.5, 0.6) is 0 Å². The Morgan fingerprint density at radius 3 is 2.86 bits per heavy atom. The number of hydrogen-bond donors (Lipinski definition) is 1. The first kappa shape index (κ1) is 15.0. The van der Waals surface area contributed by atoms with Crippen LogP contribution in [0.3, 0.4) is 0 Å². The number of nitrogens with one attached hydrogen (secondary N) is 1. The third kappa shape index (κ3) is 3.85. The molecule has 2 heterocycles. The molecular formula is C18H28N2O. The molecule has 3 heteroatoms. The smallest absolute Gasteiger partial charge is 0.0621 e. The van der Waals surface area contributed by atoms with Crippen molar-refractivity contribution in [2.75, 3.05) is 26.3 Å². The van der Waals surface area contributed by atoms with E-state index >= 15 is 0 Å². The van der Waals surface area contributed by atoms with Crippen molar-refractivity contribution in [1.82, 2.24) is 10.2 Å². The predicted molar refractivity (Wildman–Crippen MR) is 86.6 cm³/mol. The minimum absolute atomic E-state index is 0.567. The summed E-state index contributed by atoms with van der Waals surface area (Å²) in [6.07, 6.45) is 4.87. The Kier molecular flexibility index (Phi) is 5.28. The lowest BCUT2D eigenvalue weighted by atomic mass is 9.97. The molecule has 0 radical (unpaired) electrons. The van der Waals surface area contributed by atoms with Gasteiger partial charge in [-0.3, -0.25) is 4.90 Å². The zero-order valence-electron chi connectivity index (χ0n) is 13.1. The summed E-state index contributed by atoms with van der Waals surface area (Å²) in [5.74, 6) is 0. The van der Waals surface area contributed by atoms with Crippen molar-refractivity contribution in [2.24, 2.45) is 0 Å². The first-order valence-corrected chi connectivity index (χ1v) is 8.47. The fourth-order valence-corrected chi connectivity index (χ4v) is 3.73. The number of rotatable bonds is 4. The quantitative estimate of drug-likeness (QED) is 0.921. The van der Waals surface area contributed by atoms with Gasteiger partial charge in [-0.05, 0) is 31.2 Å². The average molecular weight is 288 g/mol. The maximum atomic E-state index is 5.72. The van der Waals surface area contributed by atoms with Gasteiger partial charge in [0.15, 0.2) is 0 Å². The lowest BCUT2D eigenvalue weighted by Crippen LogP contribution is -2.61. The molecule has 1 aromatic carbocycles. The van der Waals surface area contributed by atoms with Gasteiger partial charge in [0.25, 0.3) is 0 Å². The standard InChI is InChI=1S/C18H28N2O/c1-2-17-12-19-16(11-15-7-4-3-5-8-15)13-20(17)18-9-6-10-21-14-18/h3-5,7-8,16-19H,2,6,9-14H2,1H3. The first-order chi connectivity index (χ1) is 10.4. The van der Waals surface area contributed by atoms with Gasteiger partial charge in [-0.15, -0.1) is 0 Å². The molecule has 0 saturated carbocycles. The highest BCUT2D eigenvalue weighted by Gasteiger charge is 2.32. The van der Waals surface area contributed by atoms with Gasteiger partial charge in [-0.25, -0.2) is 0 Å². The molecule has 2 aliphatic heterocycles. The molecule has 0 bridgehead atoms. The maximum absolute atomic E-state index is 5.72. The zero-order chi connectivity index (χ0) is 14.5.